The molecule has 0 aromatic heterocycles. The van der Waals surface area contributed by atoms with Crippen LogP contribution in [0.25, 0.3) is 0 Å². The number of ether oxygens (including phenoxy) is 1. The second kappa shape index (κ2) is 8.33. The van der Waals surface area contributed by atoms with Crippen molar-refractivity contribution in [3.05, 3.63) is 65.7 Å². The van der Waals surface area contributed by atoms with Crippen molar-refractivity contribution < 1.29 is 19.4 Å². The summed E-state index contributed by atoms with van der Waals surface area (Å²) in [6.07, 6.45) is 0.272. The fraction of sp³-hybridized carbons (Fsp3) is 0.300. The van der Waals surface area contributed by atoms with E-state index in [0.29, 0.717) is 5.75 Å². The van der Waals surface area contributed by atoms with Crippen LogP contribution in [0.3, 0.4) is 0 Å². The van der Waals surface area contributed by atoms with Gasteiger partial charge in [0, 0.05) is 13.5 Å². The fourth-order valence-corrected chi connectivity index (χ4v) is 2.72. The second-order valence-electron chi connectivity index (χ2n) is 5.99. The lowest BCUT2D eigenvalue weighted by atomic mass is 9.97. The molecule has 5 heteroatoms. The van der Waals surface area contributed by atoms with E-state index in [1.54, 1.807) is 33.2 Å². The van der Waals surface area contributed by atoms with Gasteiger partial charge >= 0.3 is 5.97 Å². The number of likely N-dealkylation sites (N-methyl/N-ethyl adjacent to an activating group) is 1. The molecule has 2 atom stereocenters. The SMILES string of the molecule is COc1ccc(C(C)C(=O)N(C)C(Cc2ccccc2)C(=O)O)cc1. The summed E-state index contributed by atoms with van der Waals surface area (Å²) in [7, 11) is 3.13. The largest absolute Gasteiger partial charge is 0.497 e. The van der Waals surface area contributed by atoms with Gasteiger partial charge in [-0.2, -0.15) is 0 Å². The zero-order valence-electron chi connectivity index (χ0n) is 14.7. The normalized spacial score (nSPS) is 12.9. The maximum absolute atomic E-state index is 12.8. The second-order valence-corrected chi connectivity index (χ2v) is 5.99. The minimum Gasteiger partial charge on any atom is -0.497 e. The van der Waals surface area contributed by atoms with Gasteiger partial charge in [-0.3, -0.25) is 4.79 Å². The molecule has 0 saturated heterocycles. The summed E-state index contributed by atoms with van der Waals surface area (Å²) >= 11 is 0. The van der Waals surface area contributed by atoms with Crippen molar-refractivity contribution in [2.45, 2.75) is 25.3 Å². The molecule has 0 saturated carbocycles. The molecule has 0 aliphatic heterocycles. The number of amides is 1. The molecule has 1 amide bonds. The lowest BCUT2D eigenvalue weighted by molar-refractivity contribution is -0.149. The molecular formula is C20H23NO4. The highest BCUT2D eigenvalue weighted by atomic mass is 16.5. The summed E-state index contributed by atoms with van der Waals surface area (Å²) in [4.78, 5) is 25.8. The van der Waals surface area contributed by atoms with Gasteiger partial charge < -0.3 is 14.7 Å². The molecule has 5 nitrogen and oxygen atoms in total. The zero-order valence-corrected chi connectivity index (χ0v) is 14.7. The molecule has 2 aromatic rings. The van der Waals surface area contributed by atoms with Crippen molar-refractivity contribution in [3.8, 4) is 5.75 Å². The molecule has 1 N–H and O–H groups in total. The van der Waals surface area contributed by atoms with Crippen LogP contribution >= 0.6 is 0 Å². The first-order valence-electron chi connectivity index (χ1n) is 8.11. The highest BCUT2D eigenvalue weighted by Gasteiger charge is 2.30. The van der Waals surface area contributed by atoms with E-state index in [9.17, 15) is 14.7 Å². The number of carboxylic acids is 1. The molecule has 0 aliphatic carbocycles. The third kappa shape index (κ3) is 4.59. The first kappa shape index (κ1) is 18.5. The third-order valence-corrected chi connectivity index (χ3v) is 4.36. The van der Waals surface area contributed by atoms with Gasteiger partial charge in [-0.1, -0.05) is 42.5 Å². The van der Waals surface area contributed by atoms with Gasteiger partial charge in [-0.05, 0) is 30.2 Å². The van der Waals surface area contributed by atoms with E-state index < -0.39 is 17.9 Å². The lowest BCUT2D eigenvalue weighted by Crippen LogP contribution is -2.45. The fourth-order valence-electron chi connectivity index (χ4n) is 2.72. The molecule has 0 heterocycles. The Kier molecular flexibility index (Phi) is 6.17. The van der Waals surface area contributed by atoms with Gasteiger partial charge in [0.25, 0.3) is 0 Å². The summed E-state index contributed by atoms with van der Waals surface area (Å²) in [6.45, 7) is 1.78. The number of hydrogen-bond donors (Lipinski definition) is 1. The Morgan fingerprint density at radius 3 is 2.20 bits per heavy atom. The molecule has 2 unspecified atom stereocenters. The van der Waals surface area contributed by atoms with Crippen molar-refractivity contribution in [1.82, 2.24) is 4.90 Å². The van der Waals surface area contributed by atoms with Crippen LogP contribution in [0.1, 0.15) is 24.0 Å². The highest BCUT2D eigenvalue weighted by molar-refractivity contribution is 5.87. The van der Waals surface area contributed by atoms with Crippen LogP contribution in [0, 0.1) is 0 Å². The molecular weight excluding hydrogens is 318 g/mol. The van der Waals surface area contributed by atoms with Crippen LogP contribution < -0.4 is 4.74 Å². The van der Waals surface area contributed by atoms with E-state index in [0.717, 1.165) is 11.1 Å². The average Bonchev–Trinajstić information content (AvgIpc) is 2.65. The molecule has 0 bridgehead atoms. The first-order chi connectivity index (χ1) is 11.9. The quantitative estimate of drug-likeness (QED) is 0.841. The minimum absolute atomic E-state index is 0.228. The maximum atomic E-state index is 12.8. The standard InChI is InChI=1S/C20H23NO4/c1-14(16-9-11-17(25-3)12-10-16)19(22)21(2)18(20(23)24)13-15-7-5-4-6-8-15/h4-12,14,18H,13H2,1-3H3,(H,23,24). The van der Waals surface area contributed by atoms with E-state index in [2.05, 4.69) is 0 Å². The number of hydrogen-bond acceptors (Lipinski definition) is 3. The molecule has 0 spiro atoms. The Balaban J connectivity index is 2.15. The van der Waals surface area contributed by atoms with Crippen molar-refractivity contribution in [2.24, 2.45) is 0 Å². The number of methoxy groups -OCH3 is 1. The van der Waals surface area contributed by atoms with Crippen molar-refractivity contribution in [3.63, 3.8) is 0 Å². The Labute approximate surface area is 147 Å². The van der Waals surface area contributed by atoms with Crippen LogP contribution in [0.5, 0.6) is 5.75 Å². The molecule has 0 fully saturated rings. The van der Waals surface area contributed by atoms with Crippen molar-refractivity contribution >= 4 is 11.9 Å². The van der Waals surface area contributed by atoms with E-state index >= 15 is 0 Å². The van der Waals surface area contributed by atoms with Crippen molar-refractivity contribution in [2.75, 3.05) is 14.2 Å². The van der Waals surface area contributed by atoms with Crippen molar-refractivity contribution in [1.29, 1.82) is 0 Å². The Morgan fingerprint density at radius 2 is 1.68 bits per heavy atom. The van der Waals surface area contributed by atoms with Gasteiger partial charge in [0.05, 0.1) is 13.0 Å². The molecule has 2 aromatic carbocycles. The van der Waals surface area contributed by atoms with Gasteiger partial charge in [0.2, 0.25) is 5.91 Å². The average molecular weight is 341 g/mol. The van der Waals surface area contributed by atoms with Gasteiger partial charge in [-0.15, -0.1) is 0 Å². The topological polar surface area (TPSA) is 66.8 Å². The zero-order chi connectivity index (χ0) is 18.4. The van der Waals surface area contributed by atoms with E-state index in [-0.39, 0.29) is 12.3 Å². The number of carboxylic acid groups (broad SMARTS) is 1. The number of carbonyl (C=O) groups excluding carboxylic acids is 1. The van der Waals surface area contributed by atoms with Gasteiger partial charge in [0.1, 0.15) is 11.8 Å². The Bertz CT molecular complexity index is 712. The first-order valence-corrected chi connectivity index (χ1v) is 8.11. The molecule has 25 heavy (non-hydrogen) atoms. The number of rotatable bonds is 7. The Hall–Kier alpha value is -2.82. The predicted octanol–water partition coefficient (Wildman–Crippen LogP) is 2.95. The van der Waals surface area contributed by atoms with Crippen LogP contribution in [0.2, 0.25) is 0 Å². The van der Waals surface area contributed by atoms with Crippen LogP contribution in [-0.4, -0.2) is 42.1 Å². The minimum atomic E-state index is -1.01. The summed E-state index contributed by atoms with van der Waals surface area (Å²) in [5.41, 5.74) is 1.70. The predicted molar refractivity (Wildman–Crippen MR) is 95.7 cm³/mol. The van der Waals surface area contributed by atoms with Gasteiger partial charge in [-0.25, -0.2) is 4.79 Å². The molecule has 0 aliphatic rings. The number of nitrogens with zero attached hydrogens (tertiary/aromatic N) is 1. The van der Waals surface area contributed by atoms with E-state index in [1.165, 1.54) is 4.90 Å². The highest BCUT2D eigenvalue weighted by Crippen LogP contribution is 2.22. The maximum Gasteiger partial charge on any atom is 0.326 e. The molecule has 132 valence electrons. The Morgan fingerprint density at radius 1 is 1.08 bits per heavy atom. The van der Waals surface area contributed by atoms with E-state index in [4.69, 9.17) is 4.74 Å². The van der Waals surface area contributed by atoms with Crippen LogP contribution in [-0.2, 0) is 16.0 Å². The molecule has 0 radical (unpaired) electrons. The smallest absolute Gasteiger partial charge is 0.326 e. The summed E-state index contributed by atoms with van der Waals surface area (Å²) in [5.74, 6) is -0.965. The van der Waals surface area contributed by atoms with Crippen LogP contribution in [0.4, 0.5) is 0 Å². The van der Waals surface area contributed by atoms with Crippen LogP contribution in [0.15, 0.2) is 54.6 Å². The summed E-state index contributed by atoms with van der Waals surface area (Å²) < 4.78 is 5.12. The van der Waals surface area contributed by atoms with E-state index in [1.807, 2.05) is 42.5 Å². The summed E-state index contributed by atoms with van der Waals surface area (Å²) in [5, 5.41) is 9.56. The lowest BCUT2D eigenvalue weighted by Gasteiger charge is -2.28. The summed E-state index contributed by atoms with van der Waals surface area (Å²) in [6, 6.07) is 15.6. The number of benzene rings is 2. The monoisotopic (exact) mass is 341 g/mol. The van der Waals surface area contributed by atoms with Gasteiger partial charge in [0.15, 0.2) is 0 Å². The number of carbonyl (C=O) groups is 2. The third-order valence-electron chi connectivity index (χ3n) is 4.36. The number of aliphatic carboxylic acids is 1. The molecule has 2 rings (SSSR count).